The number of aromatic nitrogens is 1. The number of nitrogens with zero attached hydrogens (tertiary/aromatic N) is 2. The number of carbonyl (C=O) groups excluding carboxylic acids is 1. The van der Waals surface area contributed by atoms with E-state index in [0.717, 1.165) is 12.3 Å². The van der Waals surface area contributed by atoms with Crippen LogP contribution in [0.1, 0.15) is 11.1 Å². The number of methoxy groups -OCH3 is 1. The first-order chi connectivity index (χ1) is 12.1. The van der Waals surface area contributed by atoms with E-state index >= 15 is 0 Å². The summed E-state index contributed by atoms with van der Waals surface area (Å²) in [6.07, 6.45) is -3.69. The molecule has 0 unspecified atom stereocenters. The Morgan fingerprint density at radius 2 is 1.96 bits per heavy atom. The van der Waals surface area contributed by atoms with Crippen LogP contribution in [0.3, 0.4) is 0 Å². The molecule has 2 aromatic rings. The van der Waals surface area contributed by atoms with Gasteiger partial charge in [-0.1, -0.05) is 6.07 Å². The third kappa shape index (κ3) is 4.41. The monoisotopic (exact) mass is 372 g/mol. The topological polar surface area (TPSA) is 51.5 Å². The minimum absolute atomic E-state index is 0.0213. The molecule has 1 heterocycles. The third-order valence-corrected chi connectivity index (χ3v) is 3.69. The van der Waals surface area contributed by atoms with E-state index in [9.17, 15) is 27.2 Å². The van der Waals surface area contributed by atoms with Gasteiger partial charge in [0.05, 0.1) is 7.11 Å². The van der Waals surface area contributed by atoms with E-state index < -0.39 is 35.6 Å². The molecule has 0 aliphatic rings. The van der Waals surface area contributed by atoms with E-state index in [1.54, 1.807) is 6.07 Å². The second-order valence-corrected chi connectivity index (χ2v) is 5.57. The zero-order valence-corrected chi connectivity index (χ0v) is 14.0. The number of hydrogen-bond acceptors (Lipinski definition) is 3. The summed E-state index contributed by atoms with van der Waals surface area (Å²) in [4.78, 5) is 25.2. The van der Waals surface area contributed by atoms with Crippen molar-refractivity contribution < 1.29 is 27.1 Å². The number of pyridine rings is 1. The molecule has 0 spiro atoms. The van der Waals surface area contributed by atoms with Crippen LogP contribution in [0.25, 0.3) is 0 Å². The van der Waals surface area contributed by atoms with Crippen LogP contribution in [0.15, 0.2) is 41.3 Å². The fourth-order valence-corrected chi connectivity index (χ4v) is 2.31. The summed E-state index contributed by atoms with van der Waals surface area (Å²) in [6.45, 7) is -0.536. The number of ether oxygens (including phenoxy) is 1. The van der Waals surface area contributed by atoms with Crippen molar-refractivity contribution in [1.29, 1.82) is 0 Å². The van der Waals surface area contributed by atoms with Crippen molar-refractivity contribution in [1.82, 2.24) is 9.47 Å². The van der Waals surface area contributed by atoms with Crippen molar-refractivity contribution in [2.75, 3.05) is 14.2 Å². The lowest BCUT2D eigenvalue weighted by Crippen LogP contribution is -2.35. The Morgan fingerprint density at radius 1 is 1.27 bits per heavy atom. The molecule has 0 fully saturated rings. The molecule has 5 nitrogen and oxygen atoms in total. The molecule has 9 heteroatoms. The number of benzene rings is 1. The minimum atomic E-state index is -4.80. The average molecular weight is 372 g/mol. The summed E-state index contributed by atoms with van der Waals surface area (Å²) in [6, 6.07) is 5.87. The Kier molecular flexibility index (Phi) is 5.69. The van der Waals surface area contributed by atoms with Gasteiger partial charge in [0.25, 0.3) is 5.56 Å². The van der Waals surface area contributed by atoms with Gasteiger partial charge in [-0.2, -0.15) is 13.2 Å². The second-order valence-electron chi connectivity index (χ2n) is 5.57. The Labute approximate surface area is 146 Å². The molecule has 0 saturated carbocycles. The van der Waals surface area contributed by atoms with Gasteiger partial charge in [0.2, 0.25) is 5.91 Å². The molecule has 0 saturated heterocycles. The molecule has 1 aromatic carbocycles. The van der Waals surface area contributed by atoms with Crippen LogP contribution in [-0.4, -0.2) is 29.5 Å². The Balaban J connectivity index is 2.13. The van der Waals surface area contributed by atoms with Gasteiger partial charge in [0.15, 0.2) is 11.6 Å². The number of alkyl halides is 3. The second kappa shape index (κ2) is 7.59. The van der Waals surface area contributed by atoms with E-state index in [2.05, 4.69) is 0 Å². The molecule has 2 rings (SSSR count). The number of hydrogen-bond donors (Lipinski definition) is 0. The number of likely N-dealkylation sites (N-methyl/N-ethyl adjacent to an activating group) is 1. The van der Waals surface area contributed by atoms with Crippen LogP contribution >= 0.6 is 0 Å². The lowest BCUT2D eigenvalue weighted by molar-refractivity contribution is -0.139. The van der Waals surface area contributed by atoms with Gasteiger partial charge in [-0.05, 0) is 29.8 Å². The van der Waals surface area contributed by atoms with Crippen molar-refractivity contribution >= 4 is 5.91 Å². The van der Waals surface area contributed by atoms with Crippen LogP contribution in [0.2, 0.25) is 0 Å². The van der Waals surface area contributed by atoms with Crippen LogP contribution < -0.4 is 10.3 Å². The highest BCUT2D eigenvalue weighted by atomic mass is 19.4. The van der Waals surface area contributed by atoms with Gasteiger partial charge in [0.1, 0.15) is 12.1 Å². The Bertz CT molecular complexity index is 862. The maximum absolute atomic E-state index is 13.7. The van der Waals surface area contributed by atoms with Gasteiger partial charge < -0.3 is 14.2 Å². The molecule has 0 N–H and O–H groups in total. The molecule has 140 valence electrons. The molecule has 0 bridgehead atoms. The quantitative estimate of drug-likeness (QED) is 0.759. The van der Waals surface area contributed by atoms with Crippen LogP contribution in [0.4, 0.5) is 17.6 Å². The van der Waals surface area contributed by atoms with E-state index in [4.69, 9.17) is 4.74 Å². The highest BCUT2D eigenvalue weighted by molar-refractivity contribution is 5.75. The molecule has 1 amide bonds. The molecule has 0 aliphatic carbocycles. The Morgan fingerprint density at radius 3 is 2.54 bits per heavy atom. The first kappa shape index (κ1) is 19.5. The van der Waals surface area contributed by atoms with Gasteiger partial charge in [-0.3, -0.25) is 9.59 Å². The largest absolute Gasteiger partial charge is 0.494 e. The van der Waals surface area contributed by atoms with E-state index in [1.165, 1.54) is 31.2 Å². The lowest BCUT2D eigenvalue weighted by Gasteiger charge is -2.19. The summed E-state index contributed by atoms with van der Waals surface area (Å²) in [7, 11) is 2.73. The SMILES string of the molecule is COc1ccc(CN(C)C(=O)Cn2cccc(C(F)(F)F)c2=O)cc1F. The maximum atomic E-state index is 13.7. The number of rotatable bonds is 5. The van der Waals surface area contributed by atoms with Crippen molar-refractivity contribution in [2.24, 2.45) is 0 Å². The zero-order valence-electron chi connectivity index (χ0n) is 14.0. The summed E-state index contributed by atoms with van der Waals surface area (Å²) in [5, 5.41) is 0. The van der Waals surface area contributed by atoms with Crippen molar-refractivity contribution in [3.05, 3.63) is 63.8 Å². The average Bonchev–Trinajstić information content (AvgIpc) is 2.55. The molecular formula is C17H16F4N2O3. The zero-order chi connectivity index (χ0) is 19.5. The Hall–Kier alpha value is -2.84. The molecular weight excluding hydrogens is 356 g/mol. The summed E-state index contributed by atoms with van der Waals surface area (Å²) < 4.78 is 57.4. The smallest absolute Gasteiger partial charge is 0.421 e. The fourth-order valence-electron chi connectivity index (χ4n) is 2.31. The molecule has 0 aliphatic heterocycles. The third-order valence-electron chi connectivity index (χ3n) is 3.69. The molecule has 0 radical (unpaired) electrons. The van der Waals surface area contributed by atoms with E-state index in [0.29, 0.717) is 16.2 Å². The summed E-state index contributed by atoms with van der Waals surface area (Å²) >= 11 is 0. The first-order valence-corrected chi connectivity index (χ1v) is 7.46. The van der Waals surface area contributed by atoms with Crippen LogP contribution in [0.5, 0.6) is 5.75 Å². The minimum Gasteiger partial charge on any atom is -0.494 e. The van der Waals surface area contributed by atoms with Gasteiger partial charge in [0, 0.05) is 19.8 Å². The van der Waals surface area contributed by atoms with Crippen molar-refractivity contribution in [2.45, 2.75) is 19.3 Å². The number of carbonyl (C=O) groups is 1. The molecule has 0 atom stereocenters. The van der Waals surface area contributed by atoms with Crippen LogP contribution in [0, 0.1) is 5.82 Å². The van der Waals surface area contributed by atoms with Gasteiger partial charge in [-0.25, -0.2) is 4.39 Å². The highest BCUT2D eigenvalue weighted by Gasteiger charge is 2.34. The van der Waals surface area contributed by atoms with Gasteiger partial charge in [-0.15, -0.1) is 0 Å². The predicted molar refractivity (Wildman–Crippen MR) is 85.1 cm³/mol. The maximum Gasteiger partial charge on any atom is 0.421 e. The lowest BCUT2D eigenvalue weighted by atomic mass is 10.2. The molecule has 1 aromatic heterocycles. The predicted octanol–water partition coefficient (Wildman–Crippen LogP) is 2.67. The fraction of sp³-hybridized carbons (Fsp3) is 0.294. The van der Waals surface area contributed by atoms with Crippen molar-refractivity contribution in [3.8, 4) is 5.75 Å². The van der Waals surface area contributed by atoms with Crippen molar-refractivity contribution in [3.63, 3.8) is 0 Å². The molecule has 26 heavy (non-hydrogen) atoms. The highest BCUT2D eigenvalue weighted by Crippen LogP contribution is 2.26. The normalized spacial score (nSPS) is 11.3. The van der Waals surface area contributed by atoms with Gasteiger partial charge >= 0.3 is 6.18 Å². The number of amides is 1. The van der Waals surface area contributed by atoms with E-state index in [-0.39, 0.29) is 12.3 Å². The summed E-state index contributed by atoms with van der Waals surface area (Å²) in [5.41, 5.74) is -2.17. The standard InChI is InChI=1S/C17H16F4N2O3/c1-22(9-11-5-6-14(26-2)13(18)8-11)15(24)10-23-7-3-4-12(16(23)25)17(19,20)21/h3-8H,9-10H2,1-2H3. The number of halogens is 4. The first-order valence-electron chi connectivity index (χ1n) is 7.46. The van der Waals surface area contributed by atoms with Crippen LogP contribution in [-0.2, 0) is 24.1 Å². The van der Waals surface area contributed by atoms with E-state index in [1.807, 2.05) is 0 Å². The summed E-state index contributed by atoms with van der Waals surface area (Å²) in [5.74, 6) is -1.14.